The Bertz CT molecular complexity index is 463. The zero-order valence-electron chi connectivity index (χ0n) is 12.1. The summed E-state index contributed by atoms with van der Waals surface area (Å²) in [7, 11) is 0. The van der Waals surface area contributed by atoms with Crippen molar-refractivity contribution in [2.75, 3.05) is 26.2 Å². The van der Waals surface area contributed by atoms with Gasteiger partial charge in [0.1, 0.15) is 5.82 Å². The molecule has 1 aliphatic rings. The molecule has 0 amide bonds. The second kappa shape index (κ2) is 8.91. The smallest absolute Gasteiger partial charge is 0.314 e. The maximum Gasteiger partial charge on any atom is 0.419 e. The molecule has 0 saturated carbocycles. The van der Waals surface area contributed by atoms with E-state index >= 15 is 0 Å². The molecule has 22 heavy (non-hydrogen) atoms. The number of nitrogens with one attached hydrogen (secondary N) is 1. The first-order chi connectivity index (χ1) is 9.45. The Labute approximate surface area is 140 Å². The summed E-state index contributed by atoms with van der Waals surface area (Å²) in [6.45, 7) is 4.85. The summed E-state index contributed by atoms with van der Waals surface area (Å²) in [6.07, 6.45) is -4.07. The monoisotopic (exact) mass is 362 g/mol. The minimum Gasteiger partial charge on any atom is -0.314 e. The van der Waals surface area contributed by atoms with Crippen LogP contribution < -0.4 is 5.32 Å². The van der Waals surface area contributed by atoms with E-state index in [9.17, 15) is 17.6 Å². The van der Waals surface area contributed by atoms with Gasteiger partial charge in [-0.15, -0.1) is 24.8 Å². The molecule has 1 heterocycles. The molecule has 0 aliphatic carbocycles. The molecule has 1 fully saturated rings. The van der Waals surface area contributed by atoms with Gasteiger partial charge >= 0.3 is 6.18 Å². The summed E-state index contributed by atoms with van der Waals surface area (Å²) in [6, 6.07) is 3.23. The fraction of sp³-hybridized carbons (Fsp3) is 0.571. The van der Waals surface area contributed by atoms with Crippen LogP contribution in [0.2, 0.25) is 0 Å². The van der Waals surface area contributed by atoms with Crippen LogP contribution in [0.3, 0.4) is 0 Å². The van der Waals surface area contributed by atoms with Gasteiger partial charge in [-0.2, -0.15) is 13.2 Å². The molecule has 2 nitrogen and oxygen atoms in total. The fourth-order valence-corrected chi connectivity index (χ4v) is 2.69. The van der Waals surface area contributed by atoms with Gasteiger partial charge in [-0.1, -0.05) is 19.1 Å². The van der Waals surface area contributed by atoms with Crippen molar-refractivity contribution in [2.45, 2.75) is 25.6 Å². The average Bonchev–Trinajstić information content (AvgIpc) is 2.41. The number of benzene rings is 1. The third-order valence-corrected chi connectivity index (χ3v) is 3.67. The van der Waals surface area contributed by atoms with Crippen LogP contribution in [-0.2, 0) is 6.18 Å². The normalized spacial score (nSPS) is 17.3. The van der Waals surface area contributed by atoms with E-state index in [2.05, 4.69) is 5.32 Å². The molecule has 0 radical (unpaired) electrons. The Kier molecular flexibility index (Phi) is 8.69. The van der Waals surface area contributed by atoms with Crippen molar-refractivity contribution < 1.29 is 17.6 Å². The van der Waals surface area contributed by atoms with E-state index in [0.717, 1.165) is 19.2 Å². The topological polar surface area (TPSA) is 15.3 Å². The van der Waals surface area contributed by atoms with E-state index < -0.39 is 17.6 Å². The van der Waals surface area contributed by atoms with Crippen molar-refractivity contribution in [3.8, 4) is 0 Å². The lowest BCUT2D eigenvalue weighted by Crippen LogP contribution is -2.45. The van der Waals surface area contributed by atoms with Crippen LogP contribution >= 0.6 is 24.8 Å². The highest BCUT2D eigenvalue weighted by molar-refractivity contribution is 5.85. The molecule has 1 N–H and O–H groups in total. The Morgan fingerprint density at radius 2 is 1.77 bits per heavy atom. The van der Waals surface area contributed by atoms with Gasteiger partial charge in [-0.05, 0) is 12.5 Å². The molecular weight excluding hydrogens is 343 g/mol. The van der Waals surface area contributed by atoms with Crippen LogP contribution in [0.1, 0.15) is 30.5 Å². The second-order valence-corrected chi connectivity index (χ2v) is 4.92. The number of rotatable bonds is 3. The fourth-order valence-electron chi connectivity index (χ4n) is 2.69. The quantitative estimate of drug-likeness (QED) is 0.816. The second-order valence-electron chi connectivity index (χ2n) is 4.92. The number of alkyl halides is 3. The largest absolute Gasteiger partial charge is 0.419 e. The average molecular weight is 363 g/mol. The van der Waals surface area contributed by atoms with Crippen molar-refractivity contribution in [3.63, 3.8) is 0 Å². The Morgan fingerprint density at radius 1 is 1.18 bits per heavy atom. The van der Waals surface area contributed by atoms with Gasteiger partial charge < -0.3 is 5.32 Å². The first-order valence-electron chi connectivity index (χ1n) is 6.75. The van der Waals surface area contributed by atoms with Gasteiger partial charge in [0, 0.05) is 37.8 Å². The summed E-state index contributed by atoms with van der Waals surface area (Å²) in [5.41, 5.74) is -1.03. The van der Waals surface area contributed by atoms with Crippen molar-refractivity contribution in [3.05, 3.63) is 35.1 Å². The van der Waals surface area contributed by atoms with Crippen molar-refractivity contribution in [1.29, 1.82) is 0 Å². The third kappa shape index (κ3) is 4.72. The zero-order chi connectivity index (χ0) is 14.8. The number of nitrogens with zero attached hydrogens (tertiary/aromatic N) is 1. The number of halogens is 6. The molecule has 0 unspecified atom stereocenters. The molecule has 1 aromatic carbocycles. The summed E-state index contributed by atoms with van der Waals surface area (Å²) >= 11 is 0. The number of piperazine rings is 1. The number of hydrogen-bond acceptors (Lipinski definition) is 2. The van der Waals surface area contributed by atoms with Gasteiger partial charge in [0.15, 0.2) is 0 Å². The lowest BCUT2D eigenvalue weighted by atomic mass is 9.98. The van der Waals surface area contributed by atoms with Gasteiger partial charge in [0.2, 0.25) is 0 Å². The SMILES string of the molecule is CC[C@H](c1cccc(C(F)(F)F)c1F)N1CCNCC1.Cl.Cl. The molecule has 1 atom stereocenters. The maximum absolute atomic E-state index is 14.2. The molecule has 128 valence electrons. The lowest BCUT2D eigenvalue weighted by Gasteiger charge is -2.35. The lowest BCUT2D eigenvalue weighted by molar-refractivity contribution is -0.140. The van der Waals surface area contributed by atoms with Crippen LogP contribution in [0.5, 0.6) is 0 Å². The molecule has 2 rings (SSSR count). The number of hydrogen-bond donors (Lipinski definition) is 1. The molecule has 1 aliphatic heterocycles. The Hall–Kier alpha value is -0.560. The van der Waals surface area contributed by atoms with E-state index in [1.165, 1.54) is 12.1 Å². The first-order valence-corrected chi connectivity index (χ1v) is 6.75. The van der Waals surface area contributed by atoms with Gasteiger partial charge in [0.05, 0.1) is 5.56 Å². The molecule has 1 saturated heterocycles. The van der Waals surface area contributed by atoms with Crippen molar-refractivity contribution >= 4 is 24.8 Å². The molecule has 1 aromatic rings. The van der Waals surface area contributed by atoms with Crippen LogP contribution in [0.4, 0.5) is 17.6 Å². The molecule has 0 spiro atoms. The van der Waals surface area contributed by atoms with E-state index in [1.54, 1.807) is 0 Å². The molecular formula is C14H20Cl2F4N2. The zero-order valence-corrected chi connectivity index (χ0v) is 13.8. The molecule has 0 aromatic heterocycles. The third-order valence-electron chi connectivity index (χ3n) is 3.67. The summed E-state index contributed by atoms with van der Waals surface area (Å²) in [5.74, 6) is -1.13. The highest BCUT2D eigenvalue weighted by atomic mass is 35.5. The minimum absolute atomic E-state index is 0. The summed E-state index contributed by atoms with van der Waals surface area (Å²) in [5, 5.41) is 3.18. The van der Waals surface area contributed by atoms with Crippen LogP contribution in [0.25, 0.3) is 0 Å². The standard InChI is InChI=1S/C14H18F4N2.2ClH/c1-2-12(20-8-6-19-7-9-20)10-4-3-5-11(13(10)15)14(16,17)18;;/h3-5,12,19H,2,6-9H2,1H3;2*1H/t12-;;/m1../s1. The van der Waals surface area contributed by atoms with Crippen LogP contribution in [0, 0.1) is 5.82 Å². The Morgan fingerprint density at radius 3 is 2.27 bits per heavy atom. The van der Waals surface area contributed by atoms with Crippen molar-refractivity contribution in [1.82, 2.24) is 10.2 Å². The van der Waals surface area contributed by atoms with Crippen LogP contribution in [0.15, 0.2) is 18.2 Å². The van der Waals surface area contributed by atoms with Crippen molar-refractivity contribution in [2.24, 2.45) is 0 Å². The predicted molar refractivity (Wildman–Crippen MR) is 83.4 cm³/mol. The van der Waals surface area contributed by atoms with Gasteiger partial charge in [-0.3, -0.25) is 4.90 Å². The predicted octanol–water partition coefficient (Wildman–Crippen LogP) is 4.04. The Balaban J connectivity index is 0.00000220. The van der Waals surface area contributed by atoms with Crippen LogP contribution in [-0.4, -0.2) is 31.1 Å². The van der Waals surface area contributed by atoms with E-state index in [1.807, 2.05) is 11.8 Å². The highest BCUT2D eigenvalue weighted by Gasteiger charge is 2.36. The van der Waals surface area contributed by atoms with Gasteiger partial charge in [0.25, 0.3) is 0 Å². The maximum atomic E-state index is 14.2. The van der Waals surface area contributed by atoms with E-state index in [-0.39, 0.29) is 36.4 Å². The molecule has 0 bridgehead atoms. The minimum atomic E-state index is -4.65. The van der Waals surface area contributed by atoms with Gasteiger partial charge in [-0.25, -0.2) is 4.39 Å². The summed E-state index contributed by atoms with van der Waals surface area (Å²) < 4.78 is 52.5. The highest BCUT2D eigenvalue weighted by Crippen LogP contribution is 2.36. The van der Waals surface area contributed by atoms with E-state index in [4.69, 9.17) is 0 Å². The van der Waals surface area contributed by atoms with E-state index in [0.29, 0.717) is 19.5 Å². The first kappa shape index (κ1) is 21.4. The summed E-state index contributed by atoms with van der Waals surface area (Å²) in [4.78, 5) is 2.04. The molecule has 8 heteroatoms.